The number of hydrogen-bond acceptors (Lipinski definition) is 2. The SMILES string of the molecule is CSc1c(C)c(CN)c(C)n1C. The van der Waals surface area contributed by atoms with E-state index in [2.05, 4.69) is 31.7 Å². The van der Waals surface area contributed by atoms with Crippen molar-refractivity contribution in [2.45, 2.75) is 25.4 Å². The van der Waals surface area contributed by atoms with Crippen LogP contribution in [0.4, 0.5) is 0 Å². The van der Waals surface area contributed by atoms with Crippen molar-refractivity contribution in [3.63, 3.8) is 0 Å². The molecule has 0 aromatic carbocycles. The first-order chi connectivity index (χ1) is 5.63. The maximum atomic E-state index is 5.67. The van der Waals surface area contributed by atoms with E-state index in [-0.39, 0.29) is 0 Å². The highest BCUT2D eigenvalue weighted by molar-refractivity contribution is 7.98. The summed E-state index contributed by atoms with van der Waals surface area (Å²) in [7, 11) is 2.09. The Labute approximate surface area is 78.1 Å². The molecule has 0 fully saturated rings. The summed E-state index contributed by atoms with van der Waals surface area (Å²) in [5.74, 6) is 0. The van der Waals surface area contributed by atoms with Gasteiger partial charge in [0.1, 0.15) is 0 Å². The molecule has 2 N–H and O–H groups in total. The molecule has 0 saturated heterocycles. The number of rotatable bonds is 2. The molecule has 68 valence electrons. The Bertz CT molecular complexity index is 262. The lowest BCUT2D eigenvalue weighted by atomic mass is 10.2. The molecule has 0 atom stereocenters. The smallest absolute Gasteiger partial charge is 0.0777 e. The van der Waals surface area contributed by atoms with Crippen molar-refractivity contribution in [3.8, 4) is 0 Å². The van der Waals surface area contributed by atoms with E-state index in [1.807, 2.05) is 0 Å². The molecule has 1 aromatic heterocycles. The minimum atomic E-state index is 0.645. The fourth-order valence-corrected chi connectivity index (χ4v) is 2.44. The largest absolute Gasteiger partial charge is 0.343 e. The zero-order valence-corrected chi connectivity index (χ0v) is 8.96. The lowest BCUT2D eigenvalue weighted by molar-refractivity contribution is 0.787. The molecule has 3 heteroatoms. The first-order valence-electron chi connectivity index (χ1n) is 4.02. The molecule has 12 heavy (non-hydrogen) atoms. The van der Waals surface area contributed by atoms with E-state index >= 15 is 0 Å². The van der Waals surface area contributed by atoms with Crippen LogP contribution in [0.3, 0.4) is 0 Å². The van der Waals surface area contributed by atoms with Gasteiger partial charge >= 0.3 is 0 Å². The molecule has 2 nitrogen and oxygen atoms in total. The zero-order chi connectivity index (χ0) is 9.30. The molecule has 0 bridgehead atoms. The third kappa shape index (κ3) is 1.27. The Morgan fingerprint density at radius 2 is 2.00 bits per heavy atom. The van der Waals surface area contributed by atoms with Crippen LogP contribution in [-0.4, -0.2) is 10.8 Å². The van der Waals surface area contributed by atoms with E-state index in [0.29, 0.717) is 6.54 Å². The first-order valence-corrected chi connectivity index (χ1v) is 5.24. The van der Waals surface area contributed by atoms with E-state index in [0.717, 1.165) is 0 Å². The molecule has 0 aliphatic rings. The molecular weight excluding hydrogens is 168 g/mol. The molecule has 1 rings (SSSR count). The van der Waals surface area contributed by atoms with Gasteiger partial charge in [0.05, 0.1) is 5.03 Å². The van der Waals surface area contributed by atoms with Gasteiger partial charge in [-0.3, -0.25) is 0 Å². The van der Waals surface area contributed by atoms with Gasteiger partial charge in [-0.25, -0.2) is 0 Å². The van der Waals surface area contributed by atoms with Gasteiger partial charge in [-0.2, -0.15) is 0 Å². The minimum Gasteiger partial charge on any atom is -0.343 e. The molecule has 0 spiro atoms. The minimum absolute atomic E-state index is 0.645. The van der Waals surface area contributed by atoms with Gasteiger partial charge in [0.2, 0.25) is 0 Å². The van der Waals surface area contributed by atoms with E-state index in [1.165, 1.54) is 21.8 Å². The van der Waals surface area contributed by atoms with Crippen molar-refractivity contribution >= 4 is 11.8 Å². The standard InChI is InChI=1S/C9H16N2S/c1-6-8(5-10)7(2)11(3)9(6)12-4/h5,10H2,1-4H3. The van der Waals surface area contributed by atoms with Crippen LogP contribution in [0.2, 0.25) is 0 Å². The highest BCUT2D eigenvalue weighted by Gasteiger charge is 2.12. The lowest BCUT2D eigenvalue weighted by Crippen LogP contribution is -1.99. The van der Waals surface area contributed by atoms with Crippen molar-refractivity contribution in [2.24, 2.45) is 12.8 Å². The molecule has 0 aliphatic heterocycles. The van der Waals surface area contributed by atoms with Gasteiger partial charge in [0, 0.05) is 19.3 Å². The summed E-state index contributed by atoms with van der Waals surface area (Å²) in [4.78, 5) is 0. The van der Waals surface area contributed by atoms with Crippen molar-refractivity contribution in [1.82, 2.24) is 4.57 Å². The molecule has 0 amide bonds. The van der Waals surface area contributed by atoms with Gasteiger partial charge in [0.15, 0.2) is 0 Å². The van der Waals surface area contributed by atoms with Crippen LogP contribution in [0, 0.1) is 13.8 Å². The Hall–Kier alpha value is -0.410. The molecular formula is C9H16N2S. The van der Waals surface area contributed by atoms with Crippen molar-refractivity contribution < 1.29 is 0 Å². The summed E-state index contributed by atoms with van der Waals surface area (Å²) in [6, 6.07) is 0. The third-order valence-electron chi connectivity index (χ3n) is 2.42. The van der Waals surface area contributed by atoms with Gasteiger partial charge in [0.25, 0.3) is 0 Å². The molecule has 0 saturated carbocycles. The van der Waals surface area contributed by atoms with Crippen LogP contribution < -0.4 is 5.73 Å². The molecule has 1 heterocycles. The molecule has 0 aliphatic carbocycles. The second-order valence-corrected chi connectivity index (χ2v) is 3.76. The highest BCUT2D eigenvalue weighted by Crippen LogP contribution is 2.27. The van der Waals surface area contributed by atoms with Gasteiger partial charge in [-0.05, 0) is 31.2 Å². The van der Waals surface area contributed by atoms with Crippen molar-refractivity contribution in [2.75, 3.05) is 6.26 Å². The third-order valence-corrected chi connectivity index (χ3v) is 3.38. The molecule has 0 radical (unpaired) electrons. The fourth-order valence-electron chi connectivity index (χ4n) is 1.60. The Kier molecular flexibility index (Phi) is 2.85. The maximum Gasteiger partial charge on any atom is 0.0777 e. The second-order valence-electron chi connectivity index (χ2n) is 2.96. The average Bonchev–Trinajstić information content (AvgIpc) is 2.25. The van der Waals surface area contributed by atoms with Crippen LogP contribution in [0.1, 0.15) is 16.8 Å². The molecule has 1 aromatic rings. The zero-order valence-electron chi connectivity index (χ0n) is 8.14. The fraction of sp³-hybridized carbons (Fsp3) is 0.556. The van der Waals surface area contributed by atoms with Gasteiger partial charge < -0.3 is 10.3 Å². The summed E-state index contributed by atoms with van der Waals surface area (Å²) in [5, 5.41) is 1.33. The van der Waals surface area contributed by atoms with E-state index in [4.69, 9.17) is 5.73 Å². The Morgan fingerprint density at radius 3 is 2.25 bits per heavy atom. The Balaban J connectivity index is 3.32. The van der Waals surface area contributed by atoms with E-state index in [9.17, 15) is 0 Å². The van der Waals surface area contributed by atoms with Crippen molar-refractivity contribution in [1.29, 1.82) is 0 Å². The normalized spacial score (nSPS) is 10.8. The number of nitrogens with zero attached hydrogens (tertiary/aromatic N) is 1. The predicted molar refractivity (Wildman–Crippen MR) is 54.6 cm³/mol. The van der Waals surface area contributed by atoms with Crippen LogP contribution in [0.5, 0.6) is 0 Å². The van der Waals surface area contributed by atoms with E-state index < -0.39 is 0 Å². The van der Waals surface area contributed by atoms with Crippen LogP contribution in [-0.2, 0) is 13.6 Å². The van der Waals surface area contributed by atoms with Crippen LogP contribution in [0.25, 0.3) is 0 Å². The summed E-state index contributed by atoms with van der Waals surface area (Å²) < 4.78 is 2.21. The summed E-state index contributed by atoms with van der Waals surface area (Å²) >= 11 is 1.78. The monoisotopic (exact) mass is 184 g/mol. The number of hydrogen-bond donors (Lipinski definition) is 1. The number of nitrogens with two attached hydrogens (primary N) is 1. The molecule has 0 unspecified atom stereocenters. The topological polar surface area (TPSA) is 30.9 Å². The average molecular weight is 184 g/mol. The quantitative estimate of drug-likeness (QED) is 0.711. The summed E-state index contributed by atoms with van der Waals surface area (Å²) in [6.07, 6.45) is 2.10. The van der Waals surface area contributed by atoms with E-state index in [1.54, 1.807) is 11.8 Å². The Morgan fingerprint density at radius 1 is 1.42 bits per heavy atom. The lowest BCUT2D eigenvalue weighted by Gasteiger charge is -2.01. The van der Waals surface area contributed by atoms with Crippen LogP contribution >= 0.6 is 11.8 Å². The predicted octanol–water partition coefficient (Wildman–Crippen LogP) is 1.82. The summed E-state index contributed by atoms with van der Waals surface area (Å²) in [5.41, 5.74) is 9.59. The summed E-state index contributed by atoms with van der Waals surface area (Å²) in [6.45, 7) is 4.90. The number of thioether (sulfide) groups is 1. The van der Waals surface area contributed by atoms with Gasteiger partial charge in [-0.15, -0.1) is 11.8 Å². The highest BCUT2D eigenvalue weighted by atomic mass is 32.2. The second kappa shape index (κ2) is 3.54. The van der Waals surface area contributed by atoms with Crippen molar-refractivity contribution in [3.05, 3.63) is 16.8 Å². The first kappa shape index (κ1) is 9.68. The van der Waals surface area contributed by atoms with Crippen LogP contribution in [0.15, 0.2) is 5.03 Å². The van der Waals surface area contributed by atoms with Gasteiger partial charge in [-0.1, -0.05) is 0 Å². The number of aromatic nitrogens is 1. The maximum absolute atomic E-state index is 5.67.